The van der Waals surface area contributed by atoms with Crippen molar-refractivity contribution in [1.29, 1.82) is 5.41 Å². The van der Waals surface area contributed by atoms with Crippen molar-refractivity contribution in [2.45, 2.75) is 63.1 Å². The van der Waals surface area contributed by atoms with Gasteiger partial charge in [0.1, 0.15) is 11.6 Å². The minimum atomic E-state index is 0.263. The summed E-state index contributed by atoms with van der Waals surface area (Å²) in [5.74, 6) is 2.05. The molecule has 2 aromatic rings. The van der Waals surface area contributed by atoms with Crippen molar-refractivity contribution in [3.63, 3.8) is 0 Å². The van der Waals surface area contributed by atoms with Crippen LogP contribution < -0.4 is 15.0 Å². The summed E-state index contributed by atoms with van der Waals surface area (Å²) in [4.78, 5) is 14.2. The van der Waals surface area contributed by atoms with Crippen LogP contribution in [0.2, 0.25) is 0 Å². The zero-order valence-electron chi connectivity index (χ0n) is 21.9. The molecule has 1 aromatic heterocycles. The molecule has 5 aliphatic heterocycles. The van der Waals surface area contributed by atoms with Gasteiger partial charge in [0.25, 0.3) is 0 Å². The number of nitrogens with one attached hydrogen (secondary N) is 2. The first-order valence-corrected chi connectivity index (χ1v) is 13.7. The van der Waals surface area contributed by atoms with Gasteiger partial charge >= 0.3 is 6.01 Å². The number of piperidine rings is 2. The number of ether oxygens (including phenoxy) is 3. The van der Waals surface area contributed by atoms with Crippen molar-refractivity contribution in [3.8, 4) is 6.01 Å². The molecule has 0 spiro atoms. The third kappa shape index (κ3) is 5.04. The molecule has 5 aliphatic rings. The second-order valence-electron chi connectivity index (χ2n) is 10.8. The second kappa shape index (κ2) is 10.6. The van der Waals surface area contributed by atoms with Gasteiger partial charge in [0.05, 0.1) is 32.5 Å². The SMILES string of the molecule is COc1nc(Nc2cc(C3CCN(C4CCOC4)CC3)c(C)cc2C=N)cc(N2CC3CCC2CO3)n1. The van der Waals surface area contributed by atoms with E-state index in [4.69, 9.17) is 19.6 Å². The molecule has 198 valence electrons. The highest BCUT2D eigenvalue weighted by Gasteiger charge is 2.36. The number of anilines is 3. The van der Waals surface area contributed by atoms with Crippen LogP contribution in [0, 0.1) is 12.3 Å². The monoisotopic (exact) mass is 506 g/mol. The van der Waals surface area contributed by atoms with Gasteiger partial charge < -0.3 is 29.8 Å². The van der Waals surface area contributed by atoms with E-state index >= 15 is 0 Å². The number of aryl methyl sites for hydroxylation is 1. The lowest BCUT2D eigenvalue weighted by Crippen LogP contribution is -2.54. The van der Waals surface area contributed by atoms with E-state index < -0.39 is 0 Å². The Kier molecular flexibility index (Phi) is 7.01. The number of rotatable bonds is 7. The van der Waals surface area contributed by atoms with E-state index in [1.807, 2.05) is 6.07 Å². The van der Waals surface area contributed by atoms with E-state index in [-0.39, 0.29) is 6.10 Å². The number of hydrogen-bond donors (Lipinski definition) is 2. The van der Waals surface area contributed by atoms with Crippen LogP contribution >= 0.6 is 0 Å². The molecule has 0 aliphatic carbocycles. The molecule has 0 radical (unpaired) electrons. The van der Waals surface area contributed by atoms with Crippen LogP contribution in [-0.4, -0.2) is 85.8 Å². The fraction of sp³-hybridized carbons (Fsp3) is 0.607. The van der Waals surface area contributed by atoms with Gasteiger partial charge in [0, 0.05) is 42.7 Å². The maximum Gasteiger partial charge on any atom is 0.320 e. The molecule has 1 aromatic carbocycles. The molecule has 2 bridgehead atoms. The maximum absolute atomic E-state index is 8.06. The summed E-state index contributed by atoms with van der Waals surface area (Å²) in [6.07, 6.45) is 7.35. The highest BCUT2D eigenvalue weighted by Crippen LogP contribution is 2.36. The van der Waals surface area contributed by atoms with E-state index in [2.05, 4.69) is 44.1 Å². The van der Waals surface area contributed by atoms with Gasteiger partial charge in [-0.1, -0.05) is 0 Å². The van der Waals surface area contributed by atoms with Crippen molar-refractivity contribution in [2.24, 2.45) is 0 Å². The lowest BCUT2D eigenvalue weighted by molar-refractivity contribution is -0.0229. The van der Waals surface area contributed by atoms with Gasteiger partial charge in [-0.05, 0) is 81.3 Å². The average molecular weight is 507 g/mol. The molecule has 9 nitrogen and oxygen atoms in total. The molecule has 5 fully saturated rings. The van der Waals surface area contributed by atoms with Gasteiger partial charge in [0.2, 0.25) is 0 Å². The predicted octanol–water partition coefficient (Wildman–Crippen LogP) is 3.87. The van der Waals surface area contributed by atoms with Gasteiger partial charge in [0.15, 0.2) is 0 Å². The number of benzene rings is 1. The third-order valence-electron chi connectivity index (χ3n) is 8.60. The van der Waals surface area contributed by atoms with Gasteiger partial charge in [-0.3, -0.25) is 4.90 Å². The number of hydrogen-bond acceptors (Lipinski definition) is 9. The Balaban J connectivity index is 1.24. The quantitative estimate of drug-likeness (QED) is 0.547. The lowest BCUT2D eigenvalue weighted by atomic mass is 9.85. The van der Waals surface area contributed by atoms with Crippen LogP contribution in [0.15, 0.2) is 18.2 Å². The highest BCUT2D eigenvalue weighted by atomic mass is 16.5. The summed E-state index contributed by atoms with van der Waals surface area (Å²) in [6.45, 7) is 7.75. The molecule has 0 saturated carbocycles. The van der Waals surface area contributed by atoms with E-state index in [0.29, 0.717) is 29.8 Å². The first-order valence-electron chi connectivity index (χ1n) is 13.7. The summed E-state index contributed by atoms with van der Waals surface area (Å²) in [6, 6.07) is 7.63. The third-order valence-corrected chi connectivity index (χ3v) is 8.60. The van der Waals surface area contributed by atoms with Crippen LogP contribution in [0.4, 0.5) is 17.3 Å². The normalized spacial score (nSPS) is 26.4. The van der Waals surface area contributed by atoms with Crippen molar-refractivity contribution in [3.05, 3.63) is 34.9 Å². The number of morpholine rings is 1. The molecule has 3 atom stereocenters. The Morgan fingerprint density at radius 1 is 1.05 bits per heavy atom. The minimum absolute atomic E-state index is 0.263. The van der Waals surface area contributed by atoms with Gasteiger partial charge in [-0.25, -0.2) is 0 Å². The Labute approximate surface area is 219 Å². The van der Waals surface area contributed by atoms with Crippen molar-refractivity contribution < 1.29 is 14.2 Å². The van der Waals surface area contributed by atoms with E-state index in [0.717, 1.165) is 88.6 Å². The van der Waals surface area contributed by atoms with Gasteiger partial charge in [-0.15, -0.1) is 0 Å². The summed E-state index contributed by atoms with van der Waals surface area (Å²) in [5, 5.41) is 11.6. The van der Waals surface area contributed by atoms with Crippen LogP contribution in [0.5, 0.6) is 6.01 Å². The zero-order chi connectivity index (χ0) is 25.4. The summed E-state index contributed by atoms with van der Waals surface area (Å²) in [7, 11) is 1.60. The summed E-state index contributed by atoms with van der Waals surface area (Å²) >= 11 is 0. The predicted molar refractivity (Wildman–Crippen MR) is 144 cm³/mol. The number of methoxy groups -OCH3 is 1. The standard InChI is InChI=1S/C28H38N6O3/c1-18-11-20(14-29)25(12-24(18)19-5-8-33(9-6-19)21-7-10-36-16-21)30-26-13-27(32-28(31-26)35-2)34-15-23-4-3-22(34)17-37-23/h11-14,19,21-23,29H,3-10,15-17H2,1-2H3,(H,30,31,32). The number of nitrogens with zero attached hydrogens (tertiary/aromatic N) is 4. The first-order chi connectivity index (χ1) is 18.1. The highest BCUT2D eigenvalue weighted by molar-refractivity contribution is 5.88. The Bertz CT molecular complexity index is 1120. The Morgan fingerprint density at radius 3 is 2.57 bits per heavy atom. The average Bonchev–Trinajstić information content (AvgIpc) is 3.49. The van der Waals surface area contributed by atoms with Crippen LogP contribution in [0.3, 0.4) is 0 Å². The molecule has 6 heterocycles. The van der Waals surface area contributed by atoms with Crippen LogP contribution in [0.25, 0.3) is 0 Å². The minimum Gasteiger partial charge on any atom is -0.467 e. The fourth-order valence-corrected chi connectivity index (χ4v) is 6.48. The summed E-state index contributed by atoms with van der Waals surface area (Å²) in [5.41, 5.74) is 4.36. The Morgan fingerprint density at radius 2 is 1.92 bits per heavy atom. The maximum atomic E-state index is 8.06. The molecule has 2 N–H and O–H groups in total. The van der Waals surface area contributed by atoms with Crippen LogP contribution in [-0.2, 0) is 9.47 Å². The largest absolute Gasteiger partial charge is 0.467 e. The number of fused-ring (bicyclic) bond motifs is 3. The topological polar surface area (TPSA) is 95.8 Å². The molecule has 3 unspecified atom stereocenters. The van der Waals surface area contributed by atoms with E-state index in [9.17, 15) is 0 Å². The number of likely N-dealkylation sites (tertiary alicyclic amines) is 1. The second-order valence-corrected chi connectivity index (χ2v) is 10.8. The number of aromatic nitrogens is 2. The molecule has 7 rings (SSSR count). The van der Waals surface area contributed by atoms with Crippen LogP contribution in [0.1, 0.15) is 54.7 Å². The van der Waals surface area contributed by atoms with Crippen molar-refractivity contribution in [1.82, 2.24) is 14.9 Å². The smallest absolute Gasteiger partial charge is 0.320 e. The fourth-order valence-electron chi connectivity index (χ4n) is 6.48. The Hall–Kier alpha value is -2.75. The molecule has 9 heteroatoms. The van der Waals surface area contributed by atoms with Gasteiger partial charge in [-0.2, -0.15) is 9.97 Å². The molecule has 5 saturated heterocycles. The van der Waals surface area contributed by atoms with Crippen molar-refractivity contribution in [2.75, 3.05) is 56.8 Å². The summed E-state index contributed by atoms with van der Waals surface area (Å²) < 4.78 is 17.0. The molecular formula is C28H38N6O3. The first kappa shape index (κ1) is 24.6. The molecular weight excluding hydrogens is 468 g/mol. The lowest BCUT2D eigenvalue weighted by Gasteiger charge is -2.45. The molecule has 0 amide bonds. The van der Waals surface area contributed by atoms with Crippen molar-refractivity contribution >= 4 is 23.5 Å². The van der Waals surface area contributed by atoms with E-state index in [1.165, 1.54) is 17.3 Å². The zero-order valence-corrected chi connectivity index (χ0v) is 21.9. The van der Waals surface area contributed by atoms with E-state index in [1.54, 1.807) is 7.11 Å². The molecule has 37 heavy (non-hydrogen) atoms.